The second-order valence-electron chi connectivity index (χ2n) is 3.75. The highest BCUT2D eigenvalue weighted by molar-refractivity contribution is 7.07. The lowest BCUT2D eigenvalue weighted by Crippen LogP contribution is -1.91. The molecular weight excluding hydrogens is 263 g/mol. The molecule has 0 atom stereocenters. The van der Waals surface area contributed by atoms with Gasteiger partial charge in [-0.3, -0.25) is 0 Å². The Morgan fingerprint density at radius 2 is 2.18 bits per heavy atom. The monoisotopic (exact) mass is 272 g/mol. The minimum atomic E-state index is -0.515. The second kappa shape index (κ2) is 4.98. The van der Waals surface area contributed by atoms with Crippen molar-refractivity contribution >= 4 is 23.1 Å². The van der Waals surface area contributed by atoms with E-state index in [0.717, 1.165) is 11.5 Å². The normalized spacial score (nSPS) is 10.9. The van der Waals surface area contributed by atoms with E-state index < -0.39 is 5.82 Å². The minimum Gasteiger partial charge on any atom is -0.427 e. The van der Waals surface area contributed by atoms with Crippen LogP contribution in [0.5, 0.6) is 10.9 Å². The Hall–Kier alpha value is -1.20. The SMILES string of the molecule is CC(C)c1nsc(Oc2ccc(Cl)cc2F)n1. The van der Waals surface area contributed by atoms with Crippen molar-refractivity contribution in [1.82, 2.24) is 9.36 Å². The first-order chi connectivity index (χ1) is 8.06. The third-order valence-electron chi connectivity index (χ3n) is 2.03. The highest BCUT2D eigenvalue weighted by Gasteiger charge is 2.11. The number of halogens is 2. The molecule has 0 fully saturated rings. The van der Waals surface area contributed by atoms with Gasteiger partial charge in [-0.05, 0) is 18.2 Å². The lowest BCUT2D eigenvalue weighted by Gasteiger charge is -2.02. The van der Waals surface area contributed by atoms with E-state index in [2.05, 4.69) is 9.36 Å². The molecule has 1 heterocycles. The zero-order valence-corrected chi connectivity index (χ0v) is 10.8. The van der Waals surface area contributed by atoms with Gasteiger partial charge in [-0.25, -0.2) is 4.39 Å². The lowest BCUT2D eigenvalue weighted by atomic mass is 10.2. The summed E-state index contributed by atoms with van der Waals surface area (Å²) >= 11 is 6.75. The fraction of sp³-hybridized carbons (Fsp3) is 0.273. The van der Waals surface area contributed by atoms with Crippen LogP contribution in [0.3, 0.4) is 0 Å². The van der Waals surface area contributed by atoms with Crippen LogP contribution >= 0.6 is 23.1 Å². The average molecular weight is 273 g/mol. The van der Waals surface area contributed by atoms with Crippen LogP contribution in [0.4, 0.5) is 4.39 Å². The van der Waals surface area contributed by atoms with Crippen molar-refractivity contribution in [1.29, 1.82) is 0 Å². The molecule has 2 rings (SSSR count). The predicted molar refractivity (Wildman–Crippen MR) is 65.5 cm³/mol. The van der Waals surface area contributed by atoms with Crippen LogP contribution in [0.15, 0.2) is 18.2 Å². The summed E-state index contributed by atoms with van der Waals surface area (Å²) in [6.07, 6.45) is 0. The van der Waals surface area contributed by atoms with Gasteiger partial charge < -0.3 is 4.74 Å². The van der Waals surface area contributed by atoms with Gasteiger partial charge in [-0.15, -0.1) is 0 Å². The summed E-state index contributed by atoms with van der Waals surface area (Å²) in [6, 6.07) is 4.22. The molecule has 1 aromatic heterocycles. The van der Waals surface area contributed by atoms with Gasteiger partial charge in [0.1, 0.15) is 5.82 Å². The maximum atomic E-state index is 13.4. The van der Waals surface area contributed by atoms with E-state index in [1.165, 1.54) is 12.1 Å². The quantitative estimate of drug-likeness (QED) is 0.838. The molecule has 0 spiro atoms. The lowest BCUT2D eigenvalue weighted by molar-refractivity contribution is 0.438. The Morgan fingerprint density at radius 1 is 1.41 bits per heavy atom. The zero-order chi connectivity index (χ0) is 12.4. The van der Waals surface area contributed by atoms with Gasteiger partial charge in [-0.2, -0.15) is 9.36 Å². The molecule has 0 N–H and O–H groups in total. The third kappa shape index (κ3) is 2.92. The summed E-state index contributed by atoms with van der Waals surface area (Å²) in [6.45, 7) is 3.96. The highest BCUT2D eigenvalue weighted by Crippen LogP contribution is 2.28. The van der Waals surface area contributed by atoms with Gasteiger partial charge in [0.15, 0.2) is 11.6 Å². The van der Waals surface area contributed by atoms with Crippen LogP contribution in [0.1, 0.15) is 25.6 Å². The molecule has 0 unspecified atom stereocenters. The van der Waals surface area contributed by atoms with E-state index in [1.54, 1.807) is 6.07 Å². The first-order valence-electron chi connectivity index (χ1n) is 5.03. The molecule has 0 amide bonds. The van der Waals surface area contributed by atoms with E-state index in [4.69, 9.17) is 16.3 Å². The molecule has 0 bridgehead atoms. The minimum absolute atomic E-state index is 0.0980. The van der Waals surface area contributed by atoms with Crippen LogP contribution in [-0.2, 0) is 0 Å². The van der Waals surface area contributed by atoms with E-state index in [9.17, 15) is 4.39 Å². The highest BCUT2D eigenvalue weighted by atomic mass is 35.5. The van der Waals surface area contributed by atoms with Crippen LogP contribution in [-0.4, -0.2) is 9.36 Å². The standard InChI is InChI=1S/C11H10ClFN2OS/c1-6(2)10-14-11(17-15-10)16-9-4-3-7(12)5-8(9)13/h3-6H,1-2H3. The molecule has 17 heavy (non-hydrogen) atoms. The first kappa shape index (κ1) is 12.3. The molecule has 0 saturated heterocycles. The summed E-state index contributed by atoms with van der Waals surface area (Å²) in [5.41, 5.74) is 0. The number of benzene rings is 1. The van der Waals surface area contributed by atoms with E-state index >= 15 is 0 Å². The zero-order valence-electron chi connectivity index (χ0n) is 9.28. The topological polar surface area (TPSA) is 35.0 Å². The average Bonchev–Trinajstić information content (AvgIpc) is 2.71. The van der Waals surface area contributed by atoms with Crippen molar-refractivity contribution in [3.8, 4) is 10.9 Å². The number of hydrogen-bond acceptors (Lipinski definition) is 4. The molecule has 1 aromatic carbocycles. The predicted octanol–water partition coefficient (Wildman–Crippen LogP) is 4.25. The van der Waals surface area contributed by atoms with Crippen LogP contribution < -0.4 is 4.74 Å². The number of nitrogens with zero attached hydrogens (tertiary/aromatic N) is 2. The fourth-order valence-electron chi connectivity index (χ4n) is 1.15. The molecule has 2 aromatic rings. The Morgan fingerprint density at radius 3 is 2.76 bits per heavy atom. The van der Waals surface area contributed by atoms with Crippen molar-refractivity contribution < 1.29 is 9.13 Å². The van der Waals surface area contributed by atoms with Gasteiger partial charge in [0.2, 0.25) is 0 Å². The van der Waals surface area contributed by atoms with Gasteiger partial charge in [0.05, 0.1) is 0 Å². The van der Waals surface area contributed by atoms with Gasteiger partial charge in [0.25, 0.3) is 5.19 Å². The number of aromatic nitrogens is 2. The fourth-order valence-corrected chi connectivity index (χ4v) is 1.99. The first-order valence-corrected chi connectivity index (χ1v) is 6.18. The van der Waals surface area contributed by atoms with Gasteiger partial charge >= 0.3 is 0 Å². The summed E-state index contributed by atoms with van der Waals surface area (Å²) in [5, 5.41) is 0.657. The molecule has 0 aliphatic carbocycles. The van der Waals surface area contributed by atoms with Crippen LogP contribution in [0.25, 0.3) is 0 Å². The Bertz CT molecular complexity index is 530. The molecule has 0 radical (unpaired) electrons. The van der Waals surface area contributed by atoms with Crippen molar-refractivity contribution in [2.45, 2.75) is 19.8 Å². The summed E-state index contributed by atoms with van der Waals surface area (Å²) < 4.78 is 22.9. The molecule has 0 aliphatic rings. The maximum Gasteiger partial charge on any atom is 0.298 e. The van der Waals surface area contributed by atoms with Crippen molar-refractivity contribution in [3.05, 3.63) is 34.9 Å². The molecular formula is C11H10ClFN2OS. The Kier molecular flexibility index (Phi) is 3.59. The van der Waals surface area contributed by atoms with E-state index in [0.29, 0.717) is 16.0 Å². The number of rotatable bonds is 3. The molecule has 6 heteroatoms. The summed E-state index contributed by atoms with van der Waals surface area (Å²) in [7, 11) is 0. The van der Waals surface area contributed by atoms with Crippen LogP contribution in [0.2, 0.25) is 5.02 Å². The molecule has 0 aliphatic heterocycles. The van der Waals surface area contributed by atoms with Gasteiger partial charge in [0, 0.05) is 22.5 Å². The van der Waals surface area contributed by atoms with Crippen molar-refractivity contribution in [2.24, 2.45) is 0 Å². The van der Waals surface area contributed by atoms with Gasteiger partial charge in [-0.1, -0.05) is 25.4 Å². The largest absolute Gasteiger partial charge is 0.427 e. The van der Waals surface area contributed by atoms with E-state index in [1.807, 2.05) is 13.8 Å². The smallest absolute Gasteiger partial charge is 0.298 e. The molecule has 3 nitrogen and oxygen atoms in total. The van der Waals surface area contributed by atoms with Crippen LogP contribution in [0, 0.1) is 5.82 Å². The Balaban J connectivity index is 2.19. The van der Waals surface area contributed by atoms with E-state index in [-0.39, 0.29) is 11.7 Å². The third-order valence-corrected chi connectivity index (χ3v) is 2.87. The van der Waals surface area contributed by atoms with Crippen molar-refractivity contribution in [2.75, 3.05) is 0 Å². The molecule has 0 saturated carbocycles. The number of ether oxygens (including phenoxy) is 1. The Labute approximate surface area is 107 Å². The maximum absolute atomic E-state index is 13.4. The summed E-state index contributed by atoms with van der Waals surface area (Å²) in [4.78, 5) is 4.15. The summed E-state index contributed by atoms with van der Waals surface area (Å²) in [5.74, 6) is 0.498. The number of hydrogen-bond donors (Lipinski definition) is 0. The second-order valence-corrected chi connectivity index (χ2v) is 4.90. The molecule has 90 valence electrons. The van der Waals surface area contributed by atoms with Crippen molar-refractivity contribution in [3.63, 3.8) is 0 Å².